The number of carbonyl (C=O) groups excluding carboxylic acids is 2. The van der Waals surface area contributed by atoms with Crippen LogP contribution < -0.4 is 15.4 Å². The summed E-state index contributed by atoms with van der Waals surface area (Å²) in [5.74, 6) is 0.476. The summed E-state index contributed by atoms with van der Waals surface area (Å²) in [6.45, 7) is 3.59. The molecule has 1 atom stereocenters. The Hall–Kier alpha value is -3.02. The Morgan fingerprint density at radius 2 is 1.89 bits per heavy atom. The van der Waals surface area contributed by atoms with Gasteiger partial charge in [0.25, 0.3) is 11.8 Å². The molecular formula is C21H23N3O3. The summed E-state index contributed by atoms with van der Waals surface area (Å²) in [6, 6.07) is 13.1. The molecule has 2 heterocycles. The van der Waals surface area contributed by atoms with Gasteiger partial charge < -0.3 is 20.3 Å². The largest absolute Gasteiger partial charge is 0.483 e. The van der Waals surface area contributed by atoms with Crippen LogP contribution in [0.5, 0.6) is 5.75 Å². The molecule has 0 spiro atoms. The van der Waals surface area contributed by atoms with Crippen LogP contribution in [-0.4, -0.2) is 36.4 Å². The summed E-state index contributed by atoms with van der Waals surface area (Å²) in [5.41, 5.74) is 3.27. The number of carbonyl (C=O) groups is 2. The maximum Gasteiger partial charge on any atom is 0.260 e. The lowest BCUT2D eigenvalue weighted by molar-refractivity contribution is -0.132. The Morgan fingerprint density at radius 1 is 1.11 bits per heavy atom. The van der Waals surface area contributed by atoms with Crippen molar-refractivity contribution in [2.75, 3.05) is 25.0 Å². The van der Waals surface area contributed by atoms with E-state index in [-0.39, 0.29) is 18.4 Å². The van der Waals surface area contributed by atoms with Crippen LogP contribution in [0.2, 0.25) is 0 Å². The zero-order valence-electron chi connectivity index (χ0n) is 15.3. The first-order valence-electron chi connectivity index (χ1n) is 9.30. The molecule has 1 fully saturated rings. The highest BCUT2D eigenvalue weighted by atomic mass is 16.5. The molecule has 2 N–H and O–H groups in total. The summed E-state index contributed by atoms with van der Waals surface area (Å²) < 4.78 is 5.84. The zero-order chi connectivity index (χ0) is 18.8. The molecule has 1 saturated heterocycles. The smallest absolute Gasteiger partial charge is 0.260 e. The number of aryl methyl sites for hydroxylation is 1. The number of rotatable bonds is 4. The molecule has 6 heteroatoms. The number of ether oxygens (including phenoxy) is 1. The number of likely N-dealkylation sites (tertiary alicyclic amines) is 1. The summed E-state index contributed by atoms with van der Waals surface area (Å²) in [7, 11) is 0. The van der Waals surface area contributed by atoms with E-state index >= 15 is 0 Å². The van der Waals surface area contributed by atoms with E-state index in [9.17, 15) is 9.59 Å². The number of amides is 2. The lowest BCUT2D eigenvalue weighted by Gasteiger charge is -2.30. The SMILES string of the molecule is Cc1cccc2c1N[C@H](c1ccccc1OCC(=O)N1CCCC1)NC2=O. The number of fused-ring (bicyclic) bond motifs is 1. The quantitative estimate of drug-likeness (QED) is 0.874. The van der Waals surface area contributed by atoms with Crippen LogP contribution in [0.15, 0.2) is 42.5 Å². The van der Waals surface area contributed by atoms with Crippen molar-refractivity contribution in [2.24, 2.45) is 0 Å². The third kappa shape index (κ3) is 3.47. The first-order chi connectivity index (χ1) is 13.1. The van der Waals surface area contributed by atoms with Crippen molar-refractivity contribution in [3.8, 4) is 5.75 Å². The molecular weight excluding hydrogens is 342 g/mol. The molecule has 2 aliphatic rings. The summed E-state index contributed by atoms with van der Waals surface area (Å²) in [5, 5.41) is 6.36. The van der Waals surface area contributed by atoms with Gasteiger partial charge in [-0.3, -0.25) is 9.59 Å². The normalized spacial score (nSPS) is 18.5. The minimum Gasteiger partial charge on any atom is -0.483 e. The third-order valence-electron chi connectivity index (χ3n) is 5.12. The van der Waals surface area contributed by atoms with Crippen molar-refractivity contribution < 1.29 is 14.3 Å². The molecule has 0 unspecified atom stereocenters. The van der Waals surface area contributed by atoms with E-state index < -0.39 is 6.17 Å². The molecule has 2 amide bonds. The molecule has 0 aliphatic carbocycles. The van der Waals surface area contributed by atoms with Gasteiger partial charge in [-0.05, 0) is 37.5 Å². The number of benzene rings is 2. The molecule has 27 heavy (non-hydrogen) atoms. The van der Waals surface area contributed by atoms with E-state index in [0.717, 1.165) is 42.7 Å². The molecule has 2 aliphatic heterocycles. The van der Waals surface area contributed by atoms with Crippen molar-refractivity contribution in [3.63, 3.8) is 0 Å². The highest BCUT2D eigenvalue weighted by Gasteiger charge is 2.27. The van der Waals surface area contributed by atoms with E-state index in [2.05, 4.69) is 10.6 Å². The van der Waals surface area contributed by atoms with Gasteiger partial charge in [0.1, 0.15) is 11.9 Å². The van der Waals surface area contributed by atoms with Crippen LogP contribution in [0.3, 0.4) is 0 Å². The number of nitrogens with zero attached hydrogens (tertiary/aromatic N) is 1. The molecule has 2 aromatic rings. The van der Waals surface area contributed by atoms with Crippen LogP contribution in [0, 0.1) is 6.92 Å². The van der Waals surface area contributed by atoms with E-state index in [4.69, 9.17) is 4.74 Å². The van der Waals surface area contributed by atoms with Gasteiger partial charge in [0, 0.05) is 18.7 Å². The van der Waals surface area contributed by atoms with Crippen LogP contribution in [0.25, 0.3) is 0 Å². The molecule has 4 rings (SSSR count). The Labute approximate surface area is 158 Å². The fraction of sp³-hybridized carbons (Fsp3) is 0.333. The van der Waals surface area contributed by atoms with Gasteiger partial charge in [0.15, 0.2) is 6.61 Å². The summed E-state index contributed by atoms with van der Waals surface area (Å²) in [6.07, 6.45) is 1.70. The van der Waals surface area contributed by atoms with Gasteiger partial charge in [-0.2, -0.15) is 0 Å². The van der Waals surface area contributed by atoms with Crippen LogP contribution in [-0.2, 0) is 4.79 Å². The van der Waals surface area contributed by atoms with Crippen molar-refractivity contribution in [2.45, 2.75) is 25.9 Å². The van der Waals surface area contributed by atoms with Crippen molar-refractivity contribution in [1.29, 1.82) is 0 Å². The lowest BCUT2D eigenvalue weighted by Crippen LogP contribution is -2.39. The number of hydrogen-bond acceptors (Lipinski definition) is 4. The zero-order valence-corrected chi connectivity index (χ0v) is 15.3. The number of anilines is 1. The lowest BCUT2D eigenvalue weighted by atomic mass is 10.0. The van der Waals surface area contributed by atoms with Gasteiger partial charge in [0.2, 0.25) is 0 Å². The topological polar surface area (TPSA) is 70.7 Å². The first kappa shape index (κ1) is 17.4. The molecule has 0 bridgehead atoms. The minimum atomic E-state index is -0.413. The second-order valence-corrected chi connectivity index (χ2v) is 6.96. The van der Waals surface area contributed by atoms with Gasteiger partial charge in [-0.25, -0.2) is 0 Å². The van der Waals surface area contributed by atoms with Crippen LogP contribution in [0.1, 0.15) is 40.5 Å². The number of para-hydroxylation sites is 2. The Bertz CT molecular complexity index is 875. The molecule has 0 radical (unpaired) electrons. The van der Waals surface area contributed by atoms with E-state index in [1.54, 1.807) is 6.07 Å². The maximum atomic E-state index is 12.5. The van der Waals surface area contributed by atoms with Crippen LogP contribution in [0.4, 0.5) is 5.69 Å². The molecule has 6 nitrogen and oxygen atoms in total. The highest BCUT2D eigenvalue weighted by Crippen LogP contribution is 2.33. The van der Waals surface area contributed by atoms with Crippen LogP contribution >= 0.6 is 0 Å². The Kier molecular flexibility index (Phi) is 4.71. The molecule has 0 aromatic heterocycles. The van der Waals surface area contributed by atoms with Crippen molar-refractivity contribution >= 4 is 17.5 Å². The number of hydrogen-bond donors (Lipinski definition) is 2. The fourth-order valence-electron chi connectivity index (χ4n) is 3.64. The third-order valence-corrected chi connectivity index (χ3v) is 5.12. The predicted molar refractivity (Wildman–Crippen MR) is 103 cm³/mol. The maximum absolute atomic E-state index is 12.5. The van der Waals surface area contributed by atoms with E-state index in [1.165, 1.54) is 0 Å². The minimum absolute atomic E-state index is 0.00383. The summed E-state index contributed by atoms with van der Waals surface area (Å²) >= 11 is 0. The molecule has 140 valence electrons. The highest BCUT2D eigenvalue weighted by molar-refractivity contribution is 6.02. The predicted octanol–water partition coefficient (Wildman–Crippen LogP) is 2.85. The average molecular weight is 365 g/mol. The molecule has 2 aromatic carbocycles. The summed E-state index contributed by atoms with van der Waals surface area (Å²) in [4.78, 5) is 26.6. The first-order valence-corrected chi connectivity index (χ1v) is 9.30. The van der Waals surface area contributed by atoms with Crippen molar-refractivity contribution in [3.05, 3.63) is 59.2 Å². The number of nitrogens with one attached hydrogen (secondary N) is 2. The molecule has 0 saturated carbocycles. The standard InChI is InChI=1S/C21H23N3O3/c1-14-7-6-9-16-19(14)22-20(23-21(16)26)15-8-2-3-10-17(15)27-13-18(25)24-11-4-5-12-24/h2-3,6-10,20,22H,4-5,11-13H2,1H3,(H,23,26)/t20-/m0/s1. The van der Waals surface area contributed by atoms with E-state index in [0.29, 0.717) is 11.3 Å². The second-order valence-electron chi connectivity index (χ2n) is 6.96. The van der Waals surface area contributed by atoms with E-state index in [1.807, 2.05) is 48.2 Å². The van der Waals surface area contributed by atoms with Gasteiger partial charge in [-0.1, -0.05) is 30.3 Å². The average Bonchev–Trinajstić information content (AvgIpc) is 3.22. The van der Waals surface area contributed by atoms with Gasteiger partial charge in [-0.15, -0.1) is 0 Å². The van der Waals surface area contributed by atoms with Crippen molar-refractivity contribution in [1.82, 2.24) is 10.2 Å². The monoisotopic (exact) mass is 365 g/mol. The fourth-order valence-corrected chi connectivity index (χ4v) is 3.64. The second kappa shape index (κ2) is 7.31. The Balaban J connectivity index is 1.53. The Morgan fingerprint density at radius 3 is 2.70 bits per heavy atom. The van der Waals surface area contributed by atoms with Gasteiger partial charge >= 0.3 is 0 Å². The van der Waals surface area contributed by atoms with Gasteiger partial charge in [0.05, 0.1) is 11.3 Å².